The molecule has 0 radical (unpaired) electrons. The maximum absolute atomic E-state index is 12.4. The number of rotatable bonds is 6. The van der Waals surface area contributed by atoms with Gasteiger partial charge in [-0.25, -0.2) is 4.98 Å². The molecule has 1 aliphatic heterocycles. The lowest BCUT2D eigenvalue weighted by atomic mass is 9.94. The number of fused-ring (bicyclic) bond motifs is 2. The molecule has 0 aromatic carbocycles. The fourth-order valence-corrected chi connectivity index (χ4v) is 4.37. The van der Waals surface area contributed by atoms with Crippen molar-refractivity contribution in [3.63, 3.8) is 0 Å². The summed E-state index contributed by atoms with van der Waals surface area (Å²) >= 11 is 1.38. The monoisotopic (exact) mass is 415 g/mol. The summed E-state index contributed by atoms with van der Waals surface area (Å²) in [5.41, 5.74) is 2.26. The number of anilines is 1. The summed E-state index contributed by atoms with van der Waals surface area (Å²) in [5.74, 6) is 0.283. The number of carbonyl (C=O) groups excluding carboxylic acids is 1. The zero-order valence-corrected chi connectivity index (χ0v) is 17.6. The Bertz CT molecular complexity index is 1100. The number of aryl methyl sites for hydroxylation is 2. The lowest BCUT2D eigenvalue weighted by Crippen LogP contribution is -2.32. The lowest BCUT2D eigenvalue weighted by Gasteiger charge is -2.24. The van der Waals surface area contributed by atoms with Crippen LogP contribution in [0.4, 0.5) is 5.13 Å². The van der Waals surface area contributed by atoms with Crippen molar-refractivity contribution in [1.29, 1.82) is 0 Å². The van der Waals surface area contributed by atoms with Crippen LogP contribution in [0.5, 0.6) is 0 Å². The van der Waals surface area contributed by atoms with Gasteiger partial charge in [0.05, 0.1) is 17.5 Å². The molecule has 0 fully saturated rings. The van der Waals surface area contributed by atoms with Crippen molar-refractivity contribution in [3.8, 4) is 0 Å². The summed E-state index contributed by atoms with van der Waals surface area (Å²) in [6.07, 6.45) is 4.13. The van der Waals surface area contributed by atoms with Gasteiger partial charge in [-0.05, 0) is 39.0 Å². The van der Waals surface area contributed by atoms with E-state index in [0.717, 1.165) is 37.2 Å². The van der Waals surface area contributed by atoms with Gasteiger partial charge in [0.25, 0.3) is 11.5 Å². The normalized spacial score (nSPS) is 16.2. The van der Waals surface area contributed by atoms with Crippen LogP contribution in [0.25, 0.3) is 4.96 Å². The number of carbonyl (C=O) groups is 1. The minimum absolute atomic E-state index is 0.0711. The predicted molar refractivity (Wildman–Crippen MR) is 112 cm³/mol. The molecule has 154 valence electrons. The smallest absolute Gasteiger partial charge is 0.275 e. The van der Waals surface area contributed by atoms with E-state index in [1.807, 2.05) is 25.5 Å². The Morgan fingerprint density at radius 2 is 2.24 bits per heavy atom. The molecule has 0 unspecified atom stereocenters. The fourth-order valence-electron chi connectivity index (χ4n) is 3.54. The minimum atomic E-state index is -0.154. The number of amides is 1. The molecule has 0 spiro atoms. The van der Waals surface area contributed by atoms with Crippen LogP contribution in [-0.4, -0.2) is 42.9 Å². The predicted octanol–water partition coefficient (Wildman–Crippen LogP) is 1.72. The molecule has 3 aromatic rings. The molecular formula is C19H25N7O2S. The number of hydrogen-bond donors (Lipinski definition) is 2. The summed E-state index contributed by atoms with van der Waals surface area (Å²) in [6.45, 7) is 7.37. The first-order chi connectivity index (χ1) is 13.9. The van der Waals surface area contributed by atoms with E-state index >= 15 is 0 Å². The Kier molecular flexibility index (Phi) is 5.35. The van der Waals surface area contributed by atoms with Crippen LogP contribution in [0.15, 0.2) is 17.1 Å². The highest BCUT2D eigenvalue weighted by atomic mass is 32.1. The third kappa shape index (κ3) is 4.02. The van der Waals surface area contributed by atoms with Crippen LogP contribution in [0.2, 0.25) is 0 Å². The first-order valence-corrected chi connectivity index (χ1v) is 10.8. The lowest BCUT2D eigenvalue weighted by molar-refractivity contribution is 0.0941. The van der Waals surface area contributed by atoms with Gasteiger partial charge in [-0.1, -0.05) is 18.3 Å². The van der Waals surface area contributed by atoms with Gasteiger partial charge < -0.3 is 10.6 Å². The number of aromatic nitrogens is 5. The topological polar surface area (TPSA) is 106 Å². The van der Waals surface area contributed by atoms with Gasteiger partial charge in [-0.2, -0.15) is 9.61 Å². The highest BCUT2D eigenvalue weighted by Crippen LogP contribution is 2.24. The number of hydrogen-bond acceptors (Lipinski definition) is 7. The van der Waals surface area contributed by atoms with Crippen molar-refractivity contribution >= 4 is 27.3 Å². The molecule has 4 rings (SSSR count). The van der Waals surface area contributed by atoms with Crippen LogP contribution in [0, 0.1) is 5.92 Å². The molecule has 4 heterocycles. The largest absolute Gasteiger partial charge is 0.360 e. The van der Waals surface area contributed by atoms with Gasteiger partial charge in [-0.15, -0.1) is 5.10 Å². The van der Waals surface area contributed by atoms with Gasteiger partial charge >= 0.3 is 0 Å². The van der Waals surface area contributed by atoms with Gasteiger partial charge in [-0.3, -0.25) is 14.3 Å². The molecule has 0 saturated carbocycles. The molecule has 3 aromatic heterocycles. The van der Waals surface area contributed by atoms with Crippen molar-refractivity contribution in [2.24, 2.45) is 5.92 Å². The van der Waals surface area contributed by atoms with E-state index < -0.39 is 0 Å². The fraction of sp³-hybridized carbons (Fsp3) is 0.526. The van der Waals surface area contributed by atoms with Crippen molar-refractivity contribution in [2.75, 3.05) is 11.9 Å². The van der Waals surface area contributed by atoms with Gasteiger partial charge in [0.1, 0.15) is 0 Å². The summed E-state index contributed by atoms with van der Waals surface area (Å²) in [4.78, 5) is 29.7. The number of nitrogens with zero attached hydrogens (tertiary/aromatic N) is 5. The third-order valence-corrected chi connectivity index (χ3v) is 5.91. The van der Waals surface area contributed by atoms with Crippen molar-refractivity contribution < 1.29 is 4.79 Å². The standard InChI is InChI=1S/C19H25N7O2S/c1-4-13-8-16(27)26-19(23-13)29-18(24-26)20-9-12-5-6-25-15(7-12)14(10-21-25)17(28)22-11(2)3/h8,10-12H,4-7,9H2,1-3H3,(H,20,24)(H,22,28)/t12-/m1/s1. The van der Waals surface area contributed by atoms with Crippen molar-refractivity contribution in [1.82, 2.24) is 29.7 Å². The summed E-state index contributed by atoms with van der Waals surface area (Å²) < 4.78 is 3.27. The minimum Gasteiger partial charge on any atom is -0.360 e. The molecular weight excluding hydrogens is 390 g/mol. The van der Waals surface area contributed by atoms with Gasteiger partial charge in [0.15, 0.2) is 0 Å². The Morgan fingerprint density at radius 1 is 1.41 bits per heavy atom. The van der Waals surface area contributed by atoms with E-state index in [2.05, 4.69) is 25.8 Å². The van der Waals surface area contributed by atoms with Crippen LogP contribution < -0.4 is 16.2 Å². The molecule has 0 saturated heterocycles. The Balaban J connectivity index is 1.45. The molecule has 1 amide bonds. The molecule has 0 aliphatic carbocycles. The third-order valence-electron chi connectivity index (χ3n) is 5.05. The SMILES string of the molecule is CCc1cc(=O)n2nc(NC[C@@H]3CCn4ncc(C(=O)NC(C)C)c4C3)sc2n1. The van der Waals surface area contributed by atoms with E-state index in [0.29, 0.717) is 28.1 Å². The van der Waals surface area contributed by atoms with E-state index in [1.165, 1.54) is 21.9 Å². The molecule has 10 heteroatoms. The maximum Gasteiger partial charge on any atom is 0.275 e. The summed E-state index contributed by atoms with van der Waals surface area (Å²) in [7, 11) is 0. The van der Waals surface area contributed by atoms with Crippen LogP contribution in [-0.2, 0) is 19.4 Å². The maximum atomic E-state index is 12.4. The average Bonchev–Trinajstić information content (AvgIpc) is 3.29. The molecule has 1 aliphatic rings. The highest BCUT2D eigenvalue weighted by Gasteiger charge is 2.25. The van der Waals surface area contributed by atoms with Crippen molar-refractivity contribution in [3.05, 3.63) is 39.6 Å². The first-order valence-electron chi connectivity index (χ1n) is 9.93. The first kappa shape index (κ1) is 19.6. The Labute approximate surface area is 172 Å². The van der Waals surface area contributed by atoms with E-state index in [9.17, 15) is 9.59 Å². The quantitative estimate of drug-likeness (QED) is 0.635. The molecule has 29 heavy (non-hydrogen) atoms. The zero-order chi connectivity index (χ0) is 20.5. The summed E-state index contributed by atoms with van der Waals surface area (Å²) in [5, 5.41) is 15.7. The Hall–Kier alpha value is -2.75. The second-order valence-electron chi connectivity index (χ2n) is 7.64. The molecule has 1 atom stereocenters. The second kappa shape index (κ2) is 7.94. The van der Waals surface area contributed by atoms with Crippen LogP contribution in [0.1, 0.15) is 48.9 Å². The van der Waals surface area contributed by atoms with E-state index in [4.69, 9.17) is 0 Å². The summed E-state index contributed by atoms with van der Waals surface area (Å²) in [6, 6.07) is 1.62. The highest BCUT2D eigenvalue weighted by molar-refractivity contribution is 7.20. The van der Waals surface area contributed by atoms with Crippen LogP contribution in [0.3, 0.4) is 0 Å². The Morgan fingerprint density at radius 3 is 3.00 bits per heavy atom. The number of nitrogens with one attached hydrogen (secondary N) is 2. The van der Waals surface area contributed by atoms with E-state index in [1.54, 1.807) is 6.20 Å². The van der Waals surface area contributed by atoms with E-state index in [-0.39, 0.29) is 17.5 Å². The van der Waals surface area contributed by atoms with Gasteiger partial charge in [0, 0.05) is 30.9 Å². The molecule has 2 N–H and O–H groups in total. The zero-order valence-electron chi connectivity index (χ0n) is 16.8. The van der Waals surface area contributed by atoms with Gasteiger partial charge in [0.2, 0.25) is 10.1 Å². The second-order valence-corrected chi connectivity index (χ2v) is 8.59. The van der Waals surface area contributed by atoms with Crippen molar-refractivity contribution in [2.45, 2.75) is 52.6 Å². The van der Waals surface area contributed by atoms with Crippen LogP contribution >= 0.6 is 11.3 Å². The molecule has 0 bridgehead atoms. The molecule has 9 nitrogen and oxygen atoms in total. The average molecular weight is 416 g/mol.